The summed E-state index contributed by atoms with van der Waals surface area (Å²) in [6.45, 7) is 1.66. The molecule has 1 heterocycles. The summed E-state index contributed by atoms with van der Waals surface area (Å²) in [5.74, 6) is 0.877. The lowest BCUT2D eigenvalue weighted by molar-refractivity contribution is 0.180. The van der Waals surface area contributed by atoms with Crippen molar-refractivity contribution in [2.45, 2.75) is 23.9 Å². The predicted octanol–water partition coefficient (Wildman–Crippen LogP) is 4.13. The van der Waals surface area contributed by atoms with Gasteiger partial charge in [0, 0.05) is 20.7 Å². The Bertz CT molecular complexity index is 336. The van der Waals surface area contributed by atoms with Gasteiger partial charge in [0.25, 0.3) is 0 Å². The van der Waals surface area contributed by atoms with Gasteiger partial charge in [0.2, 0.25) is 0 Å². The minimum Gasteiger partial charge on any atom is -0.239 e. The first-order chi connectivity index (χ1) is 6.09. The zero-order valence-electron chi connectivity index (χ0n) is 7.31. The first-order valence-electron chi connectivity index (χ1n) is 4.21. The maximum absolute atomic E-state index is 14.0. The second-order valence-corrected chi connectivity index (χ2v) is 5.49. The third-order valence-corrected chi connectivity index (χ3v) is 3.90. The Morgan fingerprint density at radius 3 is 3.08 bits per heavy atom. The zero-order chi connectivity index (χ0) is 9.47. The Kier molecular flexibility index (Phi) is 2.41. The number of halogens is 2. The third kappa shape index (κ3) is 1.77. The monoisotopic (exact) mass is 260 g/mol. The highest BCUT2D eigenvalue weighted by Crippen LogP contribution is 2.43. The topological polar surface area (TPSA) is 0 Å². The number of benzene rings is 1. The Labute approximate surface area is 90.0 Å². The van der Waals surface area contributed by atoms with E-state index in [0.717, 1.165) is 20.7 Å². The number of thioether (sulfide) groups is 1. The molecular formula is C10H10BrFS. The van der Waals surface area contributed by atoms with Crippen molar-refractivity contribution in [3.8, 4) is 0 Å². The van der Waals surface area contributed by atoms with E-state index in [4.69, 9.17) is 0 Å². The number of alkyl halides is 1. The molecule has 1 aliphatic rings. The highest BCUT2D eigenvalue weighted by molar-refractivity contribution is 9.10. The third-order valence-electron chi connectivity index (χ3n) is 2.33. The van der Waals surface area contributed by atoms with Crippen molar-refractivity contribution < 1.29 is 4.39 Å². The van der Waals surface area contributed by atoms with Gasteiger partial charge in [-0.3, -0.25) is 0 Å². The number of fused-ring (bicyclic) bond motifs is 1. The fourth-order valence-corrected chi connectivity index (χ4v) is 3.18. The average Bonchev–Trinajstić information content (AvgIpc) is 2.06. The van der Waals surface area contributed by atoms with E-state index in [9.17, 15) is 4.39 Å². The molecule has 1 aliphatic heterocycles. The fourth-order valence-electron chi connectivity index (χ4n) is 1.52. The fraction of sp³-hybridized carbons (Fsp3) is 0.400. The molecule has 0 bridgehead atoms. The molecule has 0 radical (unpaired) electrons. The summed E-state index contributed by atoms with van der Waals surface area (Å²) in [6, 6.07) is 5.84. The molecule has 70 valence electrons. The molecule has 1 aromatic rings. The Morgan fingerprint density at radius 1 is 1.54 bits per heavy atom. The molecule has 0 fully saturated rings. The Morgan fingerprint density at radius 2 is 2.31 bits per heavy atom. The molecule has 0 N–H and O–H groups in total. The average molecular weight is 261 g/mol. The predicted molar refractivity (Wildman–Crippen MR) is 57.9 cm³/mol. The standard InChI is InChI=1S/C10H10BrFS/c1-10(12)4-5-13-9-3-2-7(11)6-8(9)10/h2-3,6H,4-5H2,1H3. The van der Waals surface area contributed by atoms with Gasteiger partial charge < -0.3 is 0 Å². The van der Waals surface area contributed by atoms with Crippen molar-refractivity contribution in [2.75, 3.05) is 5.75 Å². The minimum absolute atomic E-state index is 0.612. The first-order valence-corrected chi connectivity index (χ1v) is 5.99. The van der Waals surface area contributed by atoms with E-state index in [0.29, 0.717) is 6.42 Å². The normalized spacial score (nSPS) is 27.0. The van der Waals surface area contributed by atoms with Crippen LogP contribution in [0.25, 0.3) is 0 Å². The summed E-state index contributed by atoms with van der Waals surface area (Å²) in [5, 5.41) is 0. The number of rotatable bonds is 0. The number of hydrogen-bond donors (Lipinski definition) is 0. The SMILES string of the molecule is CC1(F)CCSc2ccc(Br)cc21. The van der Waals surface area contributed by atoms with E-state index in [1.807, 2.05) is 18.2 Å². The zero-order valence-corrected chi connectivity index (χ0v) is 9.71. The van der Waals surface area contributed by atoms with Crippen LogP contribution in [0.2, 0.25) is 0 Å². The van der Waals surface area contributed by atoms with Gasteiger partial charge in [0.15, 0.2) is 0 Å². The Balaban J connectivity index is 2.55. The van der Waals surface area contributed by atoms with Crippen LogP contribution in [0.4, 0.5) is 4.39 Å². The van der Waals surface area contributed by atoms with E-state index >= 15 is 0 Å². The molecule has 0 nitrogen and oxygen atoms in total. The summed E-state index contributed by atoms with van der Waals surface area (Å²) < 4.78 is 15.0. The van der Waals surface area contributed by atoms with Gasteiger partial charge in [-0.15, -0.1) is 11.8 Å². The van der Waals surface area contributed by atoms with Crippen LogP contribution >= 0.6 is 27.7 Å². The molecular weight excluding hydrogens is 251 g/mol. The summed E-state index contributed by atoms with van der Waals surface area (Å²) in [7, 11) is 0. The number of hydrogen-bond acceptors (Lipinski definition) is 1. The van der Waals surface area contributed by atoms with Gasteiger partial charge in [0.1, 0.15) is 5.67 Å². The van der Waals surface area contributed by atoms with Crippen LogP contribution in [-0.4, -0.2) is 5.75 Å². The van der Waals surface area contributed by atoms with E-state index in [-0.39, 0.29) is 0 Å². The van der Waals surface area contributed by atoms with Crippen LogP contribution in [0.1, 0.15) is 18.9 Å². The van der Waals surface area contributed by atoms with Crippen molar-refractivity contribution in [1.29, 1.82) is 0 Å². The maximum Gasteiger partial charge on any atom is 0.135 e. The van der Waals surface area contributed by atoms with E-state index < -0.39 is 5.67 Å². The van der Waals surface area contributed by atoms with Crippen molar-refractivity contribution in [2.24, 2.45) is 0 Å². The van der Waals surface area contributed by atoms with Crippen LogP contribution in [0.3, 0.4) is 0 Å². The van der Waals surface area contributed by atoms with Crippen LogP contribution in [0.15, 0.2) is 27.6 Å². The molecule has 2 rings (SSSR count). The second-order valence-electron chi connectivity index (χ2n) is 3.44. The van der Waals surface area contributed by atoms with Crippen LogP contribution in [-0.2, 0) is 5.67 Å². The molecule has 1 unspecified atom stereocenters. The molecule has 1 atom stereocenters. The summed E-state index contributed by atoms with van der Waals surface area (Å²) in [5.41, 5.74) is -0.317. The van der Waals surface area contributed by atoms with E-state index in [2.05, 4.69) is 15.9 Å². The molecule has 1 aromatic carbocycles. The van der Waals surface area contributed by atoms with Gasteiger partial charge in [-0.2, -0.15) is 0 Å². The second kappa shape index (κ2) is 3.28. The van der Waals surface area contributed by atoms with Crippen molar-refractivity contribution in [3.63, 3.8) is 0 Å². The summed E-state index contributed by atoms with van der Waals surface area (Å²) in [6.07, 6.45) is 0.612. The molecule has 0 amide bonds. The highest BCUT2D eigenvalue weighted by Gasteiger charge is 2.32. The van der Waals surface area contributed by atoms with E-state index in [1.54, 1.807) is 18.7 Å². The summed E-state index contributed by atoms with van der Waals surface area (Å²) in [4.78, 5) is 1.08. The highest BCUT2D eigenvalue weighted by atomic mass is 79.9. The van der Waals surface area contributed by atoms with Crippen LogP contribution < -0.4 is 0 Å². The van der Waals surface area contributed by atoms with Crippen LogP contribution in [0, 0.1) is 0 Å². The van der Waals surface area contributed by atoms with Gasteiger partial charge in [-0.1, -0.05) is 15.9 Å². The lowest BCUT2D eigenvalue weighted by Gasteiger charge is -2.28. The maximum atomic E-state index is 14.0. The largest absolute Gasteiger partial charge is 0.239 e. The molecule has 0 saturated heterocycles. The molecule has 0 saturated carbocycles. The molecule has 13 heavy (non-hydrogen) atoms. The van der Waals surface area contributed by atoms with Crippen molar-refractivity contribution >= 4 is 27.7 Å². The van der Waals surface area contributed by atoms with Crippen LogP contribution in [0.5, 0.6) is 0 Å². The lowest BCUT2D eigenvalue weighted by atomic mass is 9.95. The smallest absolute Gasteiger partial charge is 0.135 e. The summed E-state index contributed by atoms with van der Waals surface area (Å²) >= 11 is 5.10. The molecule has 0 aromatic heterocycles. The van der Waals surface area contributed by atoms with Crippen molar-refractivity contribution in [3.05, 3.63) is 28.2 Å². The molecule has 0 aliphatic carbocycles. The van der Waals surface area contributed by atoms with E-state index in [1.165, 1.54) is 0 Å². The first kappa shape index (κ1) is 9.53. The molecule has 3 heteroatoms. The van der Waals surface area contributed by atoms with Gasteiger partial charge in [-0.05, 0) is 31.5 Å². The van der Waals surface area contributed by atoms with Crippen molar-refractivity contribution in [1.82, 2.24) is 0 Å². The lowest BCUT2D eigenvalue weighted by Crippen LogP contribution is -2.20. The minimum atomic E-state index is -1.15. The Hall–Kier alpha value is -0.0200. The van der Waals surface area contributed by atoms with Gasteiger partial charge in [0.05, 0.1) is 0 Å². The van der Waals surface area contributed by atoms with Gasteiger partial charge >= 0.3 is 0 Å². The quantitative estimate of drug-likeness (QED) is 0.676. The molecule has 0 spiro atoms. The van der Waals surface area contributed by atoms with Gasteiger partial charge in [-0.25, -0.2) is 4.39 Å².